The molecule has 0 fully saturated rings. The van der Waals surface area contributed by atoms with E-state index >= 15 is 0 Å². The van der Waals surface area contributed by atoms with Crippen LogP contribution in [0.1, 0.15) is 15.9 Å². The molecule has 0 aliphatic rings. The van der Waals surface area contributed by atoms with Crippen LogP contribution in [0.4, 0.5) is 11.4 Å². The minimum atomic E-state index is -0.491. The second-order valence-corrected chi connectivity index (χ2v) is 6.74. The summed E-state index contributed by atoms with van der Waals surface area (Å²) in [4.78, 5) is 22.9. The van der Waals surface area contributed by atoms with Crippen LogP contribution in [0.2, 0.25) is 0 Å². The first-order chi connectivity index (χ1) is 15.0. The molecule has 0 saturated carbocycles. The van der Waals surface area contributed by atoms with Crippen molar-refractivity contribution in [2.75, 3.05) is 12.4 Å². The third-order valence-electron chi connectivity index (χ3n) is 4.28. The van der Waals surface area contributed by atoms with E-state index in [1.807, 2.05) is 6.07 Å². The molecule has 0 aromatic heterocycles. The highest BCUT2D eigenvalue weighted by Gasteiger charge is 2.13. The van der Waals surface area contributed by atoms with Gasteiger partial charge in [-0.05, 0) is 54.7 Å². The van der Waals surface area contributed by atoms with Crippen LogP contribution >= 0.6 is 12.2 Å². The second kappa shape index (κ2) is 10.2. The Morgan fingerprint density at radius 1 is 1.00 bits per heavy atom. The summed E-state index contributed by atoms with van der Waals surface area (Å²) in [6.07, 6.45) is 0. The topological polar surface area (TPSA) is 103 Å². The monoisotopic (exact) mass is 437 g/mol. The number of carbonyl (C=O) groups is 1. The number of amides is 1. The number of hydrogen-bond acceptors (Lipinski definition) is 6. The van der Waals surface area contributed by atoms with Gasteiger partial charge in [-0.25, -0.2) is 0 Å². The van der Waals surface area contributed by atoms with Gasteiger partial charge in [0.25, 0.3) is 11.6 Å². The maximum absolute atomic E-state index is 12.7. The summed E-state index contributed by atoms with van der Waals surface area (Å²) in [5.41, 5.74) is 1.59. The largest absolute Gasteiger partial charge is 0.497 e. The number of hydrogen-bond donors (Lipinski definition) is 2. The van der Waals surface area contributed by atoms with Gasteiger partial charge in [0, 0.05) is 28.9 Å². The van der Waals surface area contributed by atoms with E-state index < -0.39 is 10.8 Å². The third kappa shape index (κ3) is 6.00. The average Bonchev–Trinajstić information content (AvgIpc) is 2.78. The number of non-ortho nitro benzene ring substituents is 1. The van der Waals surface area contributed by atoms with Crippen molar-refractivity contribution in [1.82, 2.24) is 5.32 Å². The van der Waals surface area contributed by atoms with Gasteiger partial charge in [0.05, 0.1) is 12.0 Å². The van der Waals surface area contributed by atoms with Crippen molar-refractivity contribution in [3.05, 3.63) is 94.0 Å². The molecule has 2 N–H and O–H groups in total. The van der Waals surface area contributed by atoms with Crippen LogP contribution in [-0.4, -0.2) is 23.1 Å². The Bertz CT molecular complexity index is 1090. The lowest BCUT2D eigenvalue weighted by atomic mass is 10.1. The van der Waals surface area contributed by atoms with E-state index in [-0.39, 0.29) is 17.4 Å². The first-order valence-corrected chi connectivity index (χ1v) is 9.58. The van der Waals surface area contributed by atoms with Crippen LogP contribution in [0.25, 0.3) is 0 Å². The smallest absolute Gasteiger partial charge is 0.269 e. The summed E-state index contributed by atoms with van der Waals surface area (Å²) in [7, 11) is 1.59. The number of nitro groups is 1. The first kappa shape index (κ1) is 21.7. The molecule has 0 aliphatic heterocycles. The highest BCUT2D eigenvalue weighted by Crippen LogP contribution is 2.19. The summed E-state index contributed by atoms with van der Waals surface area (Å²) in [6.45, 7) is 0.193. The molecule has 0 atom stereocenters. The zero-order valence-electron chi connectivity index (χ0n) is 16.5. The van der Waals surface area contributed by atoms with E-state index in [0.29, 0.717) is 22.6 Å². The normalized spacial score (nSPS) is 10.1. The molecule has 0 spiro atoms. The van der Waals surface area contributed by atoms with Crippen molar-refractivity contribution in [1.29, 1.82) is 0 Å². The molecule has 0 heterocycles. The molecule has 0 radical (unpaired) electrons. The standard InChI is InChI=1S/C22H19N3O5S/c1-29-18-10-12-19(13-11-18)30-14-15-4-2-3-5-20(15)21(26)24-22(31)23-16-6-8-17(9-7-16)25(27)28/h2-13H,14H2,1H3,(H2,23,24,26,31). The molecule has 3 rings (SSSR count). The minimum Gasteiger partial charge on any atom is -0.497 e. The molecular formula is C22H19N3O5S. The fraction of sp³-hybridized carbons (Fsp3) is 0.0909. The van der Waals surface area contributed by atoms with Crippen LogP contribution in [0.3, 0.4) is 0 Å². The predicted octanol–water partition coefficient (Wildman–Crippen LogP) is 4.31. The maximum Gasteiger partial charge on any atom is 0.269 e. The SMILES string of the molecule is COc1ccc(OCc2ccccc2C(=O)NC(=S)Nc2ccc([N+](=O)[O-])cc2)cc1. The van der Waals surface area contributed by atoms with Gasteiger partial charge in [0.1, 0.15) is 18.1 Å². The Morgan fingerprint density at radius 3 is 2.29 bits per heavy atom. The van der Waals surface area contributed by atoms with Crippen molar-refractivity contribution in [2.45, 2.75) is 6.61 Å². The van der Waals surface area contributed by atoms with Gasteiger partial charge in [0.2, 0.25) is 0 Å². The fourth-order valence-corrected chi connectivity index (χ4v) is 2.91. The predicted molar refractivity (Wildman–Crippen MR) is 121 cm³/mol. The number of benzene rings is 3. The minimum absolute atomic E-state index is 0.0358. The lowest BCUT2D eigenvalue weighted by Crippen LogP contribution is -2.34. The number of rotatable bonds is 7. The van der Waals surface area contributed by atoms with Crippen LogP contribution < -0.4 is 20.1 Å². The number of nitrogens with one attached hydrogen (secondary N) is 2. The molecule has 0 bridgehead atoms. The zero-order chi connectivity index (χ0) is 22.2. The summed E-state index contributed by atoms with van der Waals surface area (Å²) in [5, 5.41) is 16.2. The Labute approximate surface area is 184 Å². The highest BCUT2D eigenvalue weighted by atomic mass is 32.1. The molecule has 0 aliphatic carbocycles. The third-order valence-corrected chi connectivity index (χ3v) is 4.48. The van der Waals surface area contributed by atoms with Crippen LogP contribution in [0.15, 0.2) is 72.8 Å². The van der Waals surface area contributed by atoms with Gasteiger partial charge in [-0.15, -0.1) is 0 Å². The molecule has 1 amide bonds. The first-order valence-electron chi connectivity index (χ1n) is 9.18. The van der Waals surface area contributed by atoms with Crippen molar-refractivity contribution in [3.63, 3.8) is 0 Å². The molecular weight excluding hydrogens is 418 g/mol. The molecule has 8 nitrogen and oxygen atoms in total. The Kier molecular flexibility index (Phi) is 7.13. The van der Waals surface area contributed by atoms with E-state index in [1.165, 1.54) is 24.3 Å². The maximum atomic E-state index is 12.7. The van der Waals surface area contributed by atoms with Crippen LogP contribution in [0, 0.1) is 10.1 Å². The highest BCUT2D eigenvalue weighted by molar-refractivity contribution is 7.80. The summed E-state index contributed by atoms with van der Waals surface area (Å²) >= 11 is 5.18. The number of nitro benzene ring substituents is 1. The summed E-state index contributed by atoms with van der Waals surface area (Å²) in [6, 6.07) is 19.9. The van der Waals surface area contributed by atoms with Gasteiger partial charge in [-0.1, -0.05) is 18.2 Å². The van der Waals surface area contributed by atoms with Crippen molar-refractivity contribution < 1.29 is 19.2 Å². The number of nitrogens with zero attached hydrogens (tertiary/aromatic N) is 1. The lowest BCUT2D eigenvalue weighted by molar-refractivity contribution is -0.384. The Morgan fingerprint density at radius 2 is 1.65 bits per heavy atom. The average molecular weight is 437 g/mol. The van der Waals surface area contributed by atoms with Crippen molar-refractivity contribution in [2.24, 2.45) is 0 Å². The molecule has 0 unspecified atom stereocenters. The van der Waals surface area contributed by atoms with E-state index in [2.05, 4.69) is 10.6 Å². The molecule has 3 aromatic rings. The summed E-state index contributed by atoms with van der Waals surface area (Å²) in [5.74, 6) is 0.973. The van der Waals surface area contributed by atoms with E-state index in [0.717, 1.165) is 5.75 Å². The number of carbonyl (C=O) groups excluding carboxylic acids is 1. The number of anilines is 1. The van der Waals surface area contributed by atoms with E-state index in [4.69, 9.17) is 21.7 Å². The van der Waals surface area contributed by atoms with Gasteiger partial charge in [-0.3, -0.25) is 20.2 Å². The zero-order valence-corrected chi connectivity index (χ0v) is 17.3. The Balaban J connectivity index is 1.61. The molecule has 0 saturated heterocycles. The number of ether oxygens (including phenoxy) is 2. The number of thiocarbonyl (C=S) groups is 1. The molecule has 3 aromatic carbocycles. The van der Waals surface area contributed by atoms with Gasteiger partial charge >= 0.3 is 0 Å². The number of methoxy groups -OCH3 is 1. The lowest BCUT2D eigenvalue weighted by Gasteiger charge is -2.13. The van der Waals surface area contributed by atoms with Crippen LogP contribution in [0.5, 0.6) is 11.5 Å². The van der Waals surface area contributed by atoms with Gasteiger partial charge in [-0.2, -0.15) is 0 Å². The van der Waals surface area contributed by atoms with Crippen LogP contribution in [-0.2, 0) is 6.61 Å². The fourth-order valence-electron chi connectivity index (χ4n) is 2.70. The Hall–Kier alpha value is -3.98. The van der Waals surface area contributed by atoms with E-state index in [9.17, 15) is 14.9 Å². The molecule has 158 valence electrons. The van der Waals surface area contributed by atoms with Gasteiger partial charge < -0.3 is 14.8 Å². The summed E-state index contributed by atoms with van der Waals surface area (Å²) < 4.78 is 10.9. The van der Waals surface area contributed by atoms with Gasteiger partial charge in [0.15, 0.2) is 5.11 Å². The quantitative estimate of drug-likeness (QED) is 0.323. The molecule has 9 heteroatoms. The van der Waals surface area contributed by atoms with Crippen molar-refractivity contribution >= 4 is 34.6 Å². The van der Waals surface area contributed by atoms with E-state index in [1.54, 1.807) is 49.6 Å². The molecule has 31 heavy (non-hydrogen) atoms. The second-order valence-electron chi connectivity index (χ2n) is 6.33. The van der Waals surface area contributed by atoms with Crippen molar-refractivity contribution in [3.8, 4) is 11.5 Å².